The molecule has 0 saturated carbocycles. The Balaban J connectivity index is 3.15. The Morgan fingerprint density at radius 3 is 2.40 bits per heavy atom. The van der Waals surface area contributed by atoms with Gasteiger partial charge in [-0.25, -0.2) is 4.98 Å². The van der Waals surface area contributed by atoms with Crippen LogP contribution < -0.4 is 4.74 Å². The van der Waals surface area contributed by atoms with Gasteiger partial charge in [-0.15, -0.1) is 0 Å². The number of rotatable bonds is 2. The van der Waals surface area contributed by atoms with Gasteiger partial charge in [0.1, 0.15) is 15.0 Å². The fourth-order valence-corrected chi connectivity index (χ4v) is 1.24. The number of alkyl halides is 5. The molecule has 0 N–H and O–H groups in total. The van der Waals surface area contributed by atoms with Gasteiger partial charge in [0.15, 0.2) is 0 Å². The second-order valence-corrected chi connectivity index (χ2v) is 3.48. The molecular weight excluding hydrogens is 336 g/mol. The van der Waals surface area contributed by atoms with E-state index in [4.69, 9.17) is 0 Å². The van der Waals surface area contributed by atoms with Crippen LogP contribution in [0.5, 0.6) is 5.75 Å². The number of aromatic nitrogens is 1. The minimum Gasteiger partial charge on any atom is -0.434 e. The van der Waals surface area contributed by atoms with Gasteiger partial charge in [-0.2, -0.15) is 22.0 Å². The maximum absolute atomic E-state index is 12.3. The summed E-state index contributed by atoms with van der Waals surface area (Å²) < 4.78 is 64.3. The second-order valence-electron chi connectivity index (χ2n) is 2.38. The first-order valence-electron chi connectivity index (χ1n) is 3.48. The minimum atomic E-state index is -4.76. The van der Waals surface area contributed by atoms with Crippen LogP contribution in [-0.2, 0) is 6.18 Å². The highest BCUT2D eigenvalue weighted by molar-refractivity contribution is 14.1. The van der Waals surface area contributed by atoms with Crippen molar-refractivity contribution in [2.45, 2.75) is 12.8 Å². The summed E-state index contributed by atoms with van der Waals surface area (Å²) in [6.45, 7) is -3.30. The Bertz CT molecular complexity index is 354. The molecule has 0 aliphatic rings. The van der Waals surface area contributed by atoms with Crippen LogP contribution in [0.2, 0.25) is 0 Å². The number of ether oxygens (including phenoxy) is 1. The van der Waals surface area contributed by atoms with Gasteiger partial charge in [0.2, 0.25) is 0 Å². The van der Waals surface area contributed by atoms with Crippen molar-refractivity contribution >= 4 is 22.6 Å². The van der Waals surface area contributed by atoms with Crippen LogP contribution in [0.15, 0.2) is 12.3 Å². The molecule has 2 nitrogen and oxygen atoms in total. The van der Waals surface area contributed by atoms with Crippen LogP contribution in [0.3, 0.4) is 0 Å². The van der Waals surface area contributed by atoms with Crippen molar-refractivity contribution in [3.05, 3.63) is 21.5 Å². The van der Waals surface area contributed by atoms with E-state index in [2.05, 4.69) is 9.72 Å². The quantitative estimate of drug-likeness (QED) is 0.469. The first-order chi connectivity index (χ1) is 6.80. The Morgan fingerprint density at radius 1 is 1.33 bits per heavy atom. The monoisotopic (exact) mass is 339 g/mol. The van der Waals surface area contributed by atoms with Gasteiger partial charge in [0.05, 0.1) is 0 Å². The molecule has 84 valence electrons. The van der Waals surface area contributed by atoms with E-state index in [-0.39, 0.29) is 3.70 Å². The van der Waals surface area contributed by atoms with Gasteiger partial charge in [-0.1, -0.05) is 0 Å². The third kappa shape index (κ3) is 3.43. The Kier molecular flexibility index (Phi) is 3.68. The largest absolute Gasteiger partial charge is 0.434 e. The van der Waals surface area contributed by atoms with Crippen molar-refractivity contribution in [2.24, 2.45) is 0 Å². The lowest BCUT2D eigenvalue weighted by molar-refractivity contribution is -0.142. The fraction of sp³-hybridized carbons (Fsp3) is 0.286. The van der Waals surface area contributed by atoms with Crippen molar-refractivity contribution in [3.8, 4) is 5.75 Å². The maximum Gasteiger partial charge on any atom is 0.421 e. The van der Waals surface area contributed by atoms with Crippen LogP contribution in [0.25, 0.3) is 0 Å². The molecule has 0 saturated heterocycles. The van der Waals surface area contributed by atoms with Gasteiger partial charge in [-0.05, 0) is 22.6 Å². The molecule has 0 radical (unpaired) electrons. The van der Waals surface area contributed by atoms with E-state index >= 15 is 0 Å². The number of hydrogen-bond donors (Lipinski definition) is 0. The van der Waals surface area contributed by atoms with E-state index in [0.29, 0.717) is 6.20 Å². The molecule has 0 aliphatic carbocycles. The van der Waals surface area contributed by atoms with E-state index in [0.717, 1.165) is 6.07 Å². The first-order valence-corrected chi connectivity index (χ1v) is 4.56. The molecule has 8 heteroatoms. The van der Waals surface area contributed by atoms with Crippen LogP contribution in [0, 0.1) is 3.70 Å². The molecule has 15 heavy (non-hydrogen) atoms. The van der Waals surface area contributed by atoms with Gasteiger partial charge < -0.3 is 4.74 Å². The van der Waals surface area contributed by atoms with Crippen LogP contribution >= 0.6 is 22.6 Å². The standard InChI is InChI=1S/C7H3F5INO/c8-6(9)15-4-1-5(13)14-2-3(4)7(10,11)12/h1-2,6H. The molecule has 0 spiro atoms. The van der Waals surface area contributed by atoms with Gasteiger partial charge >= 0.3 is 12.8 Å². The predicted octanol–water partition coefficient (Wildman–Crippen LogP) is 3.31. The molecular formula is C7H3F5INO. The average molecular weight is 339 g/mol. The lowest BCUT2D eigenvalue weighted by Crippen LogP contribution is -2.12. The zero-order valence-electron chi connectivity index (χ0n) is 6.86. The zero-order valence-corrected chi connectivity index (χ0v) is 9.01. The van der Waals surface area contributed by atoms with Gasteiger partial charge in [0.25, 0.3) is 0 Å². The topological polar surface area (TPSA) is 22.1 Å². The highest BCUT2D eigenvalue weighted by atomic mass is 127. The zero-order chi connectivity index (χ0) is 11.6. The fourth-order valence-electron chi connectivity index (χ4n) is 0.819. The molecule has 1 heterocycles. The molecule has 0 aliphatic heterocycles. The van der Waals surface area contributed by atoms with Crippen molar-refractivity contribution in [1.82, 2.24) is 4.98 Å². The summed E-state index contributed by atoms with van der Waals surface area (Å²) in [6, 6.07) is 0.801. The summed E-state index contributed by atoms with van der Waals surface area (Å²) in [5.41, 5.74) is -1.32. The second kappa shape index (κ2) is 4.45. The van der Waals surface area contributed by atoms with Gasteiger partial charge in [-0.3, -0.25) is 0 Å². The van der Waals surface area contributed by atoms with Crippen molar-refractivity contribution in [1.29, 1.82) is 0 Å². The normalized spacial score (nSPS) is 11.9. The summed E-state index contributed by atoms with van der Waals surface area (Å²) in [6.07, 6.45) is -4.30. The lowest BCUT2D eigenvalue weighted by Gasteiger charge is -2.12. The van der Waals surface area contributed by atoms with Crippen molar-refractivity contribution < 1.29 is 26.7 Å². The van der Waals surface area contributed by atoms with Crippen LogP contribution in [0.4, 0.5) is 22.0 Å². The third-order valence-corrected chi connectivity index (χ3v) is 1.94. The average Bonchev–Trinajstić information content (AvgIpc) is 1.99. The summed E-state index contributed by atoms with van der Waals surface area (Å²) in [5, 5.41) is 0. The Morgan fingerprint density at radius 2 is 1.93 bits per heavy atom. The number of nitrogens with zero attached hydrogens (tertiary/aromatic N) is 1. The van der Waals surface area contributed by atoms with E-state index in [9.17, 15) is 22.0 Å². The SMILES string of the molecule is FC(F)Oc1cc(I)ncc1C(F)(F)F. The van der Waals surface area contributed by atoms with E-state index in [1.54, 1.807) is 22.6 Å². The molecule has 0 atom stereocenters. The molecule has 0 fully saturated rings. The third-order valence-electron chi connectivity index (χ3n) is 1.35. The summed E-state index contributed by atoms with van der Waals surface area (Å²) in [4.78, 5) is 3.36. The van der Waals surface area contributed by atoms with Crippen molar-refractivity contribution in [3.63, 3.8) is 0 Å². The molecule has 0 amide bonds. The lowest BCUT2D eigenvalue weighted by atomic mass is 10.2. The number of halogens is 6. The maximum atomic E-state index is 12.3. The number of pyridine rings is 1. The molecule has 1 rings (SSSR count). The van der Waals surface area contributed by atoms with Crippen LogP contribution in [-0.4, -0.2) is 11.6 Å². The molecule has 0 aromatic carbocycles. The molecule has 0 bridgehead atoms. The van der Waals surface area contributed by atoms with Crippen LogP contribution in [0.1, 0.15) is 5.56 Å². The number of hydrogen-bond acceptors (Lipinski definition) is 2. The molecule has 1 aromatic rings. The highest BCUT2D eigenvalue weighted by Gasteiger charge is 2.35. The van der Waals surface area contributed by atoms with E-state index < -0.39 is 24.1 Å². The minimum absolute atomic E-state index is 0.135. The smallest absolute Gasteiger partial charge is 0.421 e. The summed E-state index contributed by atoms with van der Waals surface area (Å²) in [7, 11) is 0. The van der Waals surface area contributed by atoms with Crippen molar-refractivity contribution in [2.75, 3.05) is 0 Å². The first kappa shape index (κ1) is 12.4. The molecule has 1 aromatic heterocycles. The van der Waals surface area contributed by atoms with E-state index in [1.165, 1.54) is 0 Å². The Labute approximate surface area is 94.6 Å². The molecule has 0 unspecified atom stereocenters. The van der Waals surface area contributed by atoms with E-state index in [1.807, 2.05) is 0 Å². The highest BCUT2D eigenvalue weighted by Crippen LogP contribution is 2.36. The predicted molar refractivity (Wildman–Crippen MR) is 48.6 cm³/mol. The van der Waals surface area contributed by atoms with Gasteiger partial charge in [0, 0.05) is 12.3 Å². The summed E-state index contributed by atoms with van der Waals surface area (Å²) >= 11 is 1.59. The Hall–Kier alpha value is -0.670. The summed E-state index contributed by atoms with van der Waals surface area (Å²) in [5.74, 6) is -0.920.